The van der Waals surface area contributed by atoms with Gasteiger partial charge >= 0.3 is 0 Å². The first-order chi connectivity index (χ1) is 6.59. The second kappa shape index (κ2) is 3.33. The van der Waals surface area contributed by atoms with Gasteiger partial charge in [-0.15, -0.1) is 0 Å². The van der Waals surface area contributed by atoms with Crippen molar-refractivity contribution >= 4 is 39.1 Å². The van der Waals surface area contributed by atoms with Crippen LogP contribution in [0.1, 0.15) is 20.7 Å². The number of rotatable bonds is 0. The molecular weight excluding hydrogens is 267 g/mol. The van der Waals surface area contributed by atoms with Crippen LogP contribution in [0.25, 0.3) is 0 Å². The summed E-state index contributed by atoms with van der Waals surface area (Å²) in [6, 6.07) is 4.66. The summed E-state index contributed by atoms with van der Waals surface area (Å²) in [7, 11) is 0. The number of benzene rings is 1. The van der Waals surface area contributed by atoms with Crippen molar-refractivity contribution < 1.29 is 9.59 Å². The van der Waals surface area contributed by atoms with Gasteiger partial charge in [-0.2, -0.15) is 0 Å². The molecule has 1 aromatic rings. The zero-order chi connectivity index (χ0) is 10.3. The van der Waals surface area contributed by atoms with E-state index >= 15 is 0 Å². The van der Waals surface area contributed by atoms with Gasteiger partial charge in [-0.05, 0) is 34.1 Å². The number of ketones is 2. The average Bonchev–Trinajstić information content (AvgIpc) is 2.14. The number of halogens is 2. The van der Waals surface area contributed by atoms with Crippen molar-refractivity contribution in [1.82, 2.24) is 0 Å². The van der Waals surface area contributed by atoms with Gasteiger partial charge in [0.25, 0.3) is 0 Å². The molecule has 1 aliphatic carbocycles. The molecule has 0 saturated carbocycles. The first kappa shape index (κ1) is 9.62. The van der Waals surface area contributed by atoms with E-state index in [0.29, 0.717) is 16.1 Å². The fourth-order valence-corrected chi connectivity index (χ4v) is 1.90. The zero-order valence-electron chi connectivity index (χ0n) is 6.88. The minimum Gasteiger partial charge on any atom is -0.289 e. The summed E-state index contributed by atoms with van der Waals surface area (Å²) in [4.78, 5) is 23.0. The first-order valence-corrected chi connectivity index (χ1v) is 5.02. The Labute approximate surface area is 93.7 Å². The van der Waals surface area contributed by atoms with Crippen LogP contribution in [0.15, 0.2) is 28.8 Å². The zero-order valence-corrected chi connectivity index (χ0v) is 9.22. The number of hydrogen-bond acceptors (Lipinski definition) is 2. The van der Waals surface area contributed by atoms with Crippen molar-refractivity contribution in [1.29, 1.82) is 0 Å². The van der Waals surface area contributed by atoms with Crippen molar-refractivity contribution in [3.8, 4) is 0 Å². The van der Waals surface area contributed by atoms with Crippen molar-refractivity contribution in [3.05, 3.63) is 44.9 Å². The summed E-state index contributed by atoms with van der Waals surface area (Å²) < 4.78 is 0.275. The van der Waals surface area contributed by atoms with Crippen LogP contribution in [0, 0.1) is 0 Å². The van der Waals surface area contributed by atoms with E-state index in [1.807, 2.05) is 0 Å². The van der Waals surface area contributed by atoms with Gasteiger partial charge in [0.15, 0.2) is 5.78 Å². The molecule has 0 aromatic heterocycles. The molecular formula is C10H4BrClO2. The summed E-state index contributed by atoms with van der Waals surface area (Å²) >= 11 is 8.78. The van der Waals surface area contributed by atoms with Crippen LogP contribution >= 0.6 is 27.5 Å². The standard InChI is InChI=1S/C10H4BrClO2/c11-8-4-9(13)6-2-1-5(12)3-7(6)10(8)14/h1-4H. The molecule has 2 rings (SSSR count). The number of carbonyl (C=O) groups is 2. The van der Waals surface area contributed by atoms with Crippen LogP contribution in [0.5, 0.6) is 0 Å². The van der Waals surface area contributed by atoms with Gasteiger partial charge < -0.3 is 0 Å². The normalized spacial score (nSPS) is 15.1. The highest BCUT2D eigenvalue weighted by atomic mass is 79.9. The maximum Gasteiger partial charge on any atom is 0.200 e. The average molecular weight is 271 g/mol. The minimum atomic E-state index is -0.206. The Kier molecular flexibility index (Phi) is 2.29. The van der Waals surface area contributed by atoms with E-state index < -0.39 is 0 Å². The Morgan fingerprint density at radius 1 is 1.14 bits per heavy atom. The summed E-state index contributed by atoms with van der Waals surface area (Å²) in [5.41, 5.74) is 0.763. The van der Waals surface area contributed by atoms with E-state index in [4.69, 9.17) is 11.6 Å². The highest BCUT2D eigenvalue weighted by molar-refractivity contribution is 9.12. The molecule has 0 fully saturated rings. The molecule has 0 unspecified atom stereocenters. The van der Waals surface area contributed by atoms with E-state index in [0.717, 1.165) is 0 Å². The minimum absolute atomic E-state index is 0.178. The van der Waals surface area contributed by atoms with Crippen molar-refractivity contribution in [2.24, 2.45) is 0 Å². The van der Waals surface area contributed by atoms with E-state index in [9.17, 15) is 9.59 Å². The summed E-state index contributed by atoms with van der Waals surface area (Å²) in [6.07, 6.45) is 1.28. The quantitative estimate of drug-likeness (QED) is 0.727. The molecule has 0 spiro atoms. The molecule has 0 radical (unpaired) electrons. The van der Waals surface area contributed by atoms with E-state index in [2.05, 4.69) is 15.9 Å². The van der Waals surface area contributed by atoms with Gasteiger partial charge in [-0.25, -0.2) is 0 Å². The predicted molar refractivity (Wildman–Crippen MR) is 57.1 cm³/mol. The Morgan fingerprint density at radius 2 is 1.86 bits per heavy atom. The van der Waals surface area contributed by atoms with Crippen LogP contribution in [-0.2, 0) is 0 Å². The molecule has 4 heteroatoms. The predicted octanol–water partition coefficient (Wildman–Crippen LogP) is 3.00. The fourth-order valence-electron chi connectivity index (χ4n) is 1.31. The highest BCUT2D eigenvalue weighted by Crippen LogP contribution is 2.26. The van der Waals surface area contributed by atoms with Crippen LogP contribution in [-0.4, -0.2) is 11.6 Å². The topological polar surface area (TPSA) is 34.1 Å². The van der Waals surface area contributed by atoms with Crippen LogP contribution in [0.4, 0.5) is 0 Å². The molecule has 0 aliphatic heterocycles. The Balaban J connectivity index is 2.69. The number of fused-ring (bicyclic) bond motifs is 1. The van der Waals surface area contributed by atoms with Gasteiger partial charge in [0, 0.05) is 22.2 Å². The molecule has 0 N–H and O–H groups in total. The SMILES string of the molecule is O=C1C=C(Br)C(=O)c2cc(Cl)ccc21. The molecule has 70 valence electrons. The van der Waals surface area contributed by atoms with Crippen molar-refractivity contribution in [2.75, 3.05) is 0 Å². The molecule has 1 aromatic carbocycles. The third kappa shape index (κ3) is 1.42. The van der Waals surface area contributed by atoms with E-state index in [-0.39, 0.29) is 16.0 Å². The van der Waals surface area contributed by atoms with E-state index in [1.54, 1.807) is 12.1 Å². The summed E-state index contributed by atoms with van der Waals surface area (Å²) in [5, 5.41) is 0.451. The number of carbonyl (C=O) groups excluding carboxylic acids is 2. The maximum absolute atomic E-state index is 11.6. The number of Topliss-reactive ketones (excluding diaryl/α,β-unsaturated/α-hetero) is 1. The first-order valence-electron chi connectivity index (χ1n) is 3.85. The van der Waals surface area contributed by atoms with Crippen LogP contribution in [0.3, 0.4) is 0 Å². The second-order valence-corrected chi connectivity index (χ2v) is 4.17. The van der Waals surface area contributed by atoms with Crippen molar-refractivity contribution in [3.63, 3.8) is 0 Å². The maximum atomic E-state index is 11.6. The molecule has 0 amide bonds. The lowest BCUT2D eigenvalue weighted by molar-refractivity contribution is 0.0992. The van der Waals surface area contributed by atoms with E-state index in [1.165, 1.54) is 12.1 Å². The molecule has 14 heavy (non-hydrogen) atoms. The fraction of sp³-hybridized carbons (Fsp3) is 0. The lowest BCUT2D eigenvalue weighted by Gasteiger charge is -2.10. The molecule has 1 aliphatic rings. The smallest absolute Gasteiger partial charge is 0.200 e. The van der Waals surface area contributed by atoms with Gasteiger partial charge in [0.05, 0.1) is 4.48 Å². The van der Waals surface area contributed by atoms with Gasteiger partial charge in [0.1, 0.15) is 0 Å². The molecule has 2 nitrogen and oxygen atoms in total. The third-order valence-electron chi connectivity index (χ3n) is 1.97. The summed E-state index contributed by atoms with van der Waals surface area (Å²) in [5.74, 6) is -0.384. The second-order valence-electron chi connectivity index (χ2n) is 2.88. The molecule has 0 saturated heterocycles. The number of allylic oxidation sites excluding steroid dienone is 2. The Bertz CT molecular complexity index is 477. The summed E-state index contributed by atoms with van der Waals surface area (Å²) in [6.45, 7) is 0. The monoisotopic (exact) mass is 270 g/mol. The molecule has 0 atom stereocenters. The highest BCUT2D eigenvalue weighted by Gasteiger charge is 2.23. The molecule has 0 bridgehead atoms. The Hall–Kier alpha value is -0.930. The third-order valence-corrected chi connectivity index (χ3v) is 2.79. The Morgan fingerprint density at radius 3 is 2.57 bits per heavy atom. The van der Waals surface area contributed by atoms with Crippen LogP contribution in [0.2, 0.25) is 5.02 Å². The largest absolute Gasteiger partial charge is 0.289 e. The van der Waals surface area contributed by atoms with Gasteiger partial charge in [0.2, 0.25) is 5.78 Å². The lowest BCUT2D eigenvalue weighted by atomic mass is 9.95. The van der Waals surface area contributed by atoms with Gasteiger partial charge in [-0.3, -0.25) is 9.59 Å². The number of hydrogen-bond donors (Lipinski definition) is 0. The van der Waals surface area contributed by atoms with Crippen LogP contribution < -0.4 is 0 Å². The lowest BCUT2D eigenvalue weighted by Crippen LogP contribution is -2.13. The van der Waals surface area contributed by atoms with Crippen molar-refractivity contribution in [2.45, 2.75) is 0 Å². The van der Waals surface area contributed by atoms with Gasteiger partial charge in [-0.1, -0.05) is 11.6 Å². The molecule has 0 heterocycles.